The van der Waals surface area contributed by atoms with Gasteiger partial charge in [-0.2, -0.15) is 0 Å². The van der Waals surface area contributed by atoms with E-state index in [0.717, 1.165) is 51.7 Å². The molecule has 2 atom stereocenters. The number of nitrogens with one attached hydrogen (secondary N) is 2. The molecule has 2 N–H and O–H groups in total. The number of ether oxygens (including phenoxy) is 2. The molecule has 0 aliphatic carbocycles. The summed E-state index contributed by atoms with van der Waals surface area (Å²) in [5, 5.41) is 6.87. The van der Waals surface area contributed by atoms with E-state index < -0.39 is 0 Å². The first-order valence-corrected chi connectivity index (χ1v) is 10.1. The molecule has 0 aromatic carbocycles. The van der Waals surface area contributed by atoms with Gasteiger partial charge in [0.25, 0.3) is 0 Å². The summed E-state index contributed by atoms with van der Waals surface area (Å²) in [6.45, 7) is 11.3. The zero-order valence-electron chi connectivity index (χ0n) is 16.4. The Morgan fingerprint density at radius 1 is 1.28 bits per heavy atom. The van der Waals surface area contributed by atoms with Crippen LogP contribution in [0.3, 0.4) is 0 Å². The fraction of sp³-hybridized carbons (Fsp3) is 0.947. The van der Waals surface area contributed by atoms with Gasteiger partial charge in [0.1, 0.15) is 0 Å². The highest BCUT2D eigenvalue weighted by atomic mass is 16.5. The van der Waals surface area contributed by atoms with Crippen LogP contribution in [0.25, 0.3) is 0 Å². The summed E-state index contributed by atoms with van der Waals surface area (Å²) >= 11 is 0. The minimum absolute atomic E-state index is 0.322. The van der Waals surface area contributed by atoms with E-state index in [0.29, 0.717) is 18.1 Å². The molecule has 0 saturated carbocycles. The van der Waals surface area contributed by atoms with Gasteiger partial charge in [0.15, 0.2) is 5.96 Å². The number of hydrogen-bond donors (Lipinski definition) is 2. The van der Waals surface area contributed by atoms with Crippen molar-refractivity contribution in [2.75, 3.05) is 53.0 Å². The van der Waals surface area contributed by atoms with Gasteiger partial charge in [0.2, 0.25) is 0 Å². The third-order valence-corrected chi connectivity index (χ3v) is 5.15. The highest BCUT2D eigenvalue weighted by Crippen LogP contribution is 2.17. The Bertz CT molecular complexity index is 384. The average molecular weight is 355 g/mol. The third kappa shape index (κ3) is 7.92. The normalized spacial score (nSPS) is 25.5. The van der Waals surface area contributed by atoms with E-state index >= 15 is 0 Å². The van der Waals surface area contributed by atoms with Gasteiger partial charge >= 0.3 is 0 Å². The summed E-state index contributed by atoms with van der Waals surface area (Å²) in [5.74, 6) is 1.62. The van der Waals surface area contributed by atoms with Gasteiger partial charge in [0, 0.05) is 45.9 Å². The van der Waals surface area contributed by atoms with Gasteiger partial charge in [-0.05, 0) is 58.4 Å². The highest BCUT2D eigenvalue weighted by molar-refractivity contribution is 5.79. The summed E-state index contributed by atoms with van der Waals surface area (Å²) < 4.78 is 11.2. The van der Waals surface area contributed by atoms with Crippen molar-refractivity contribution in [1.29, 1.82) is 0 Å². The molecule has 25 heavy (non-hydrogen) atoms. The molecule has 2 saturated heterocycles. The van der Waals surface area contributed by atoms with Crippen molar-refractivity contribution in [2.45, 2.75) is 58.1 Å². The van der Waals surface area contributed by atoms with Crippen LogP contribution in [-0.4, -0.2) is 76.1 Å². The third-order valence-electron chi connectivity index (χ3n) is 5.15. The van der Waals surface area contributed by atoms with Gasteiger partial charge < -0.3 is 25.0 Å². The fourth-order valence-electron chi connectivity index (χ4n) is 3.57. The van der Waals surface area contributed by atoms with Crippen molar-refractivity contribution in [1.82, 2.24) is 15.5 Å². The Labute approximate surface area is 153 Å². The Morgan fingerprint density at radius 2 is 2.16 bits per heavy atom. The molecular formula is C19H38N4O2. The lowest BCUT2D eigenvalue weighted by atomic mass is 9.97. The van der Waals surface area contributed by atoms with Gasteiger partial charge in [-0.15, -0.1) is 0 Å². The Balaban J connectivity index is 1.51. The zero-order valence-corrected chi connectivity index (χ0v) is 16.4. The molecule has 6 heteroatoms. The summed E-state index contributed by atoms with van der Waals surface area (Å²) in [6.07, 6.45) is 6.24. The summed E-state index contributed by atoms with van der Waals surface area (Å²) in [7, 11) is 1.84. The lowest BCUT2D eigenvalue weighted by molar-refractivity contribution is 0.0168. The smallest absolute Gasteiger partial charge is 0.190 e. The van der Waals surface area contributed by atoms with E-state index in [1.54, 1.807) is 0 Å². The maximum atomic E-state index is 5.69. The number of piperidine rings is 1. The maximum absolute atomic E-state index is 5.69. The average Bonchev–Trinajstić information content (AvgIpc) is 3.14. The van der Waals surface area contributed by atoms with E-state index in [2.05, 4.69) is 34.4 Å². The number of nitrogens with zero attached hydrogens (tertiary/aromatic N) is 2. The van der Waals surface area contributed by atoms with Crippen LogP contribution in [0.4, 0.5) is 0 Å². The van der Waals surface area contributed by atoms with E-state index in [1.165, 1.54) is 32.4 Å². The van der Waals surface area contributed by atoms with E-state index in [-0.39, 0.29) is 0 Å². The SMILES string of the molecule is CN=C(NCCCOCC1CCCO1)NCC1CCCN(C(C)C)C1. The topological polar surface area (TPSA) is 58.1 Å². The van der Waals surface area contributed by atoms with Crippen LogP contribution < -0.4 is 10.6 Å². The second-order valence-electron chi connectivity index (χ2n) is 7.54. The van der Waals surface area contributed by atoms with Crippen LogP contribution >= 0.6 is 0 Å². The molecular weight excluding hydrogens is 316 g/mol. The first-order valence-electron chi connectivity index (χ1n) is 10.1. The van der Waals surface area contributed by atoms with E-state index in [1.807, 2.05) is 7.05 Å². The lowest BCUT2D eigenvalue weighted by Gasteiger charge is -2.35. The van der Waals surface area contributed by atoms with Gasteiger partial charge in [-0.3, -0.25) is 4.99 Å². The van der Waals surface area contributed by atoms with Crippen LogP contribution in [-0.2, 0) is 9.47 Å². The van der Waals surface area contributed by atoms with Gasteiger partial charge in [-0.1, -0.05) is 0 Å². The van der Waals surface area contributed by atoms with Crippen molar-refractivity contribution in [3.8, 4) is 0 Å². The molecule has 6 nitrogen and oxygen atoms in total. The number of aliphatic imine (C=N–C) groups is 1. The quantitative estimate of drug-likeness (QED) is 0.376. The molecule has 0 radical (unpaired) electrons. The number of guanidine groups is 1. The predicted molar refractivity (Wildman–Crippen MR) is 103 cm³/mol. The maximum Gasteiger partial charge on any atom is 0.190 e. The van der Waals surface area contributed by atoms with Crippen LogP contribution in [0, 0.1) is 5.92 Å². The molecule has 2 heterocycles. The van der Waals surface area contributed by atoms with Crippen LogP contribution in [0.2, 0.25) is 0 Å². The van der Waals surface area contributed by atoms with E-state index in [9.17, 15) is 0 Å². The van der Waals surface area contributed by atoms with Crippen molar-refractivity contribution < 1.29 is 9.47 Å². The van der Waals surface area contributed by atoms with Crippen molar-refractivity contribution in [3.05, 3.63) is 0 Å². The Morgan fingerprint density at radius 3 is 2.88 bits per heavy atom. The minimum Gasteiger partial charge on any atom is -0.379 e. The molecule has 2 rings (SSSR count). The van der Waals surface area contributed by atoms with Gasteiger partial charge in [0.05, 0.1) is 12.7 Å². The van der Waals surface area contributed by atoms with E-state index in [4.69, 9.17) is 9.47 Å². The van der Waals surface area contributed by atoms with Gasteiger partial charge in [-0.25, -0.2) is 0 Å². The largest absolute Gasteiger partial charge is 0.379 e. The van der Waals surface area contributed by atoms with Crippen molar-refractivity contribution in [3.63, 3.8) is 0 Å². The van der Waals surface area contributed by atoms with Crippen molar-refractivity contribution in [2.24, 2.45) is 10.9 Å². The predicted octanol–water partition coefficient (Wildman–Crippen LogP) is 1.86. The molecule has 2 unspecified atom stereocenters. The zero-order chi connectivity index (χ0) is 17.9. The second-order valence-corrected chi connectivity index (χ2v) is 7.54. The first-order chi connectivity index (χ1) is 12.2. The molecule has 0 aromatic heterocycles. The summed E-state index contributed by atoms with van der Waals surface area (Å²) in [4.78, 5) is 6.91. The lowest BCUT2D eigenvalue weighted by Crippen LogP contribution is -2.46. The minimum atomic E-state index is 0.322. The van der Waals surface area contributed by atoms with Crippen LogP contribution in [0.5, 0.6) is 0 Å². The second kappa shape index (κ2) is 11.7. The standard InChI is InChI=1S/C19H38N4O2/c1-16(2)23-10-4-7-17(14-23)13-22-19(20-3)21-9-6-11-24-15-18-8-5-12-25-18/h16-18H,4-15H2,1-3H3,(H2,20,21,22). The summed E-state index contributed by atoms with van der Waals surface area (Å²) in [6, 6.07) is 0.648. The molecule has 0 spiro atoms. The Kier molecular flexibility index (Phi) is 9.58. The molecule has 0 aromatic rings. The first kappa shape index (κ1) is 20.5. The number of hydrogen-bond acceptors (Lipinski definition) is 4. The molecule has 2 aliphatic rings. The highest BCUT2D eigenvalue weighted by Gasteiger charge is 2.21. The Hall–Kier alpha value is -0.850. The monoisotopic (exact) mass is 354 g/mol. The fourth-order valence-corrected chi connectivity index (χ4v) is 3.57. The molecule has 0 amide bonds. The number of likely N-dealkylation sites (tertiary alicyclic amines) is 1. The van der Waals surface area contributed by atoms with Crippen LogP contribution in [0.1, 0.15) is 46.0 Å². The molecule has 0 bridgehead atoms. The number of rotatable bonds is 9. The van der Waals surface area contributed by atoms with Crippen molar-refractivity contribution >= 4 is 5.96 Å². The summed E-state index contributed by atoms with van der Waals surface area (Å²) in [5.41, 5.74) is 0. The molecule has 2 fully saturated rings. The molecule has 2 aliphatic heterocycles. The molecule has 146 valence electrons. The van der Waals surface area contributed by atoms with Crippen LogP contribution in [0.15, 0.2) is 4.99 Å².